The number of nitrogens with one attached hydrogen (secondary N) is 1. The molecule has 1 aromatic rings. The molecule has 6 nitrogen and oxygen atoms in total. The van der Waals surface area contributed by atoms with Crippen LogP contribution in [0.15, 0.2) is 17.1 Å². The van der Waals surface area contributed by atoms with Crippen LogP contribution in [0.1, 0.15) is 30.0 Å². The highest BCUT2D eigenvalue weighted by Gasteiger charge is 2.22. The summed E-state index contributed by atoms with van der Waals surface area (Å²) in [4.78, 5) is 4.03. The van der Waals surface area contributed by atoms with Crippen molar-refractivity contribution in [3.63, 3.8) is 0 Å². The van der Waals surface area contributed by atoms with Gasteiger partial charge in [-0.1, -0.05) is 0 Å². The molecule has 0 radical (unpaired) electrons. The van der Waals surface area contributed by atoms with Gasteiger partial charge in [0.25, 0.3) is 0 Å². The molecule has 1 heterocycles. The maximum absolute atomic E-state index is 5.40. The van der Waals surface area contributed by atoms with Crippen molar-refractivity contribution in [1.29, 1.82) is 0 Å². The molecule has 0 saturated carbocycles. The highest BCUT2D eigenvalue weighted by atomic mass is 16.5. The lowest BCUT2D eigenvalue weighted by Gasteiger charge is -2.28. The summed E-state index contributed by atoms with van der Waals surface area (Å²) >= 11 is 0. The van der Waals surface area contributed by atoms with E-state index in [1.807, 2.05) is 0 Å². The van der Waals surface area contributed by atoms with E-state index < -0.39 is 0 Å². The average Bonchev–Trinajstić information content (AvgIpc) is 2.49. The zero-order valence-corrected chi connectivity index (χ0v) is 12.7. The van der Waals surface area contributed by atoms with E-state index in [2.05, 4.69) is 22.4 Å². The summed E-state index contributed by atoms with van der Waals surface area (Å²) in [5, 5.41) is 3.54. The monoisotopic (exact) mass is 292 g/mol. The first-order chi connectivity index (χ1) is 10.2. The summed E-state index contributed by atoms with van der Waals surface area (Å²) < 4.78 is 10.8. The number of nitrogens with two attached hydrogens (primary N) is 2. The van der Waals surface area contributed by atoms with Gasteiger partial charge in [0.15, 0.2) is 17.5 Å². The minimum Gasteiger partial charge on any atom is -0.493 e. The fourth-order valence-electron chi connectivity index (χ4n) is 2.73. The van der Waals surface area contributed by atoms with E-state index in [0.29, 0.717) is 12.6 Å². The predicted octanol–water partition coefficient (Wildman–Crippen LogP) is 0.944. The second-order valence-electron chi connectivity index (χ2n) is 5.11. The molecule has 6 heteroatoms. The number of aliphatic imine (C=N–C) groups is 1. The molecule has 1 unspecified atom stereocenters. The average molecular weight is 292 g/mol. The van der Waals surface area contributed by atoms with Crippen LogP contribution in [-0.4, -0.2) is 33.3 Å². The molecule has 1 aromatic carbocycles. The second-order valence-corrected chi connectivity index (χ2v) is 5.11. The van der Waals surface area contributed by atoms with Gasteiger partial charge < -0.3 is 26.3 Å². The fourth-order valence-corrected chi connectivity index (χ4v) is 2.73. The smallest absolute Gasteiger partial charge is 0.185 e. The maximum atomic E-state index is 5.40. The Hall–Kier alpha value is -1.95. The normalized spacial score (nSPS) is 17.0. The van der Waals surface area contributed by atoms with E-state index in [-0.39, 0.29) is 5.96 Å². The quantitative estimate of drug-likeness (QED) is 0.412. The van der Waals surface area contributed by atoms with Crippen molar-refractivity contribution in [3.05, 3.63) is 23.3 Å². The molecule has 0 aliphatic carbocycles. The summed E-state index contributed by atoms with van der Waals surface area (Å²) in [6.45, 7) is 1.62. The van der Waals surface area contributed by atoms with Crippen LogP contribution in [0.25, 0.3) is 0 Å². The van der Waals surface area contributed by atoms with Crippen LogP contribution in [0.5, 0.6) is 11.5 Å². The third-order valence-electron chi connectivity index (χ3n) is 3.75. The third-order valence-corrected chi connectivity index (χ3v) is 3.75. The molecule has 116 valence electrons. The van der Waals surface area contributed by atoms with Crippen molar-refractivity contribution in [1.82, 2.24) is 5.32 Å². The molecule has 1 aliphatic heterocycles. The van der Waals surface area contributed by atoms with Gasteiger partial charge in [-0.25, -0.2) is 0 Å². The van der Waals surface area contributed by atoms with Crippen molar-refractivity contribution in [2.45, 2.75) is 25.3 Å². The first-order valence-corrected chi connectivity index (χ1v) is 7.19. The lowest BCUT2D eigenvalue weighted by atomic mass is 9.91. The molecule has 2 rings (SSSR count). The standard InChI is InChI=1S/C15H24N4O2/c1-20-13-8-10-5-7-18-12(4-3-6-19-15(16)17)11(10)9-14(13)21-2/h8-9,12,18H,3-7H2,1-2H3,(H4,16,17,19). The lowest BCUT2D eigenvalue weighted by molar-refractivity contribution is 0.351. The molecular formula is C15H24N4O2. The molecule has 0 fully saturated rings. The van der Waals surface area contributed by atoms with Crippen LogP contribution in [0.2, 0.25) is 0 Å². The van der Waals surface area contributed by atoms with Crippen molar-refractivity contribution >= 4 is 5.96 Å². The van der Waals surface area contributed by atoms with Gasteiger partial charge in [-0.05, 0) is 49.1 Å². The molecule has 0 aromatic heterocycles. The highest BCUT2D eigenvalue weighted by Crippen LogP contribution is 2.36. The van der Waals surface area contributed by atoms with Gasteiger partial charge in [-0.2, -0.15) is 0 Å². The van der Waals surface area contributed by atoms with Gasteiger partial charge in [0, 0.05) is 12.6 Å². The number of methoxy groups -OCH3 is 2. The summed E-state index contributed by atoms with van der Waals surface area (Å²) in [7, 11) is 3.33. The summed E-state index contributed by atoms with van der Waals surface area (Å²) in [6, 6.07) is 4.46. The molecule has 5 N–H and O–H groups in total. The Labute approximate surface area is 125 Å². The van der Waals surface area contributed by atoms with Crippen molar-refractivity contribution < 1.29 is 9.47 Å². The van der Waals surface area contributed by atoms with Crippen molar-refractivity contribution in [3.8, 4) is 11.5 Å². The van der Waals surface area contributed by atoms with E-state index in [0.717, 1.165) is 37.3 Å². The van der Waals surface area contributed by atoms with Gasteiger partial charge in [-0.3, -0.25) is 4.99 Å². The predicted molar refractivity (Wildman–Crippen MR) is 83.9 cm³/mol. The minimum atomic E-state index is 0.151. The number of hydrogen-bond acceptors (Lipinski definition) is 4. The fraction of sp³-hybridized carbons (Fsp3) is 0.533. The SMILES string of the molecule is COc1cc2c(cc1OC)C(CCCN=C(N)N)NCC2. The van der Waals surface area contributed by atoms with Crippen LogP contribution in [-0.2, 0) is 6.42 Å². The molecule has 0 saturated heterocycles. The van der Waals surface area contributed by atoms with Gasteiger partial charge in [-0.15, -0.1) is 0 Å². The largest absolute Gasteiger partial charge is 0.493 e. The first-order valence-electron chi connectivity index (χ1n) is 7.19. The van der Waals surface area contributed by atoms with E-state index in [9.17, 15) is 0 Å². The van der Waals surface area contributed by atoms with E-state index in [4.69, 9.17) is 20.9 Å². The third kappa shape index (κ3) is 3.78. The Morgan fingerprint density at radius 3 is 2.67 bits per heavy atom. The highest BCUT2D eigenvalue weighted by molar-refractivity contribution is 5.75. The summed E-state index contributed by atoms with van der Waals surface area (Å²) in [5.41, 5.74) is 13.3. The number of ether oxygens (including phenoxy) is 2. The van der Waals surface area contributed by atoms with Crippen molar-refractivity contribution in [2.75, 3.05) is 27.3 Å². The number of guanidine groups is 1. The van der Waals surface area contributed by atoms with Gasteiger partial charge in [0.1, 0.15) is 0 Å². The molecule has 21 heavy (non-hydrogen) atoms. The lowest BCUT2D eigenvalue weighted by Crippen LogP contribution is -2.30. The maximum Gasteiger partial charge on any atom is 0.185 e. The molecule has 0 amide bonds. The Morgan fingerprint density at radius 2 is 2.00 bits per heavy atom. The van der Waals surface area contributed by atoms with Crippen LogP contribution < -0.4 is 26.3 Å². The van der Waals surface area contributed by atoms with Crippen LogP contribution in [0.3, 0.4) is 0 Å². The van der Waals surface area contributed by atoms with Gasteiger partial charge in [0.05, 0.1) is 14.2 Å². The van der Waals surface area contributed by atoms with E-state index in [1.54, 1.807) is 14.2 Å². The molecule has 1 aliphatic rings. The van der Waals surface area contributed by atoms with Crippen LogP contribution >= 0.6 is 0 Å². The molecule has 0 spiro atoms. The van der Waals surface area contributed by atoms with Crippen LogP contribution in [0.4, 0.5) is 0 Å². The Balaban J connectivity index is 2.12. The van der Waals surface area contributed by atoms with Crippen molar-refractivity contribution in [2.24, 2.45) is 16.5 Å². The van der Waals surface area contributed by atoms with E-state index >= 15 is 0 Å². The molecule has 0 bridgehead atoms. The Bertz CT molecular complexity index is 513. The Morgan fingerprint density at radius 1 is 1.29 bits per heavy atom. The number of rotatable bonds is 6. The molecular weight excluding hydrogens is 268 g/mol. The Kier molecular flexibility index (Phi) is 5.27. The second kappa shape index (κ2) is 7.17. The zero-order valence-electron chi connectivity index (χ0n) is 12.7. The number of benzene rings is 1. The summed E-state index contributed by atoms with van der Waals surface area (Å²) in [6.07, 6.45) is 2.92. The first kappa shape index (κ1) is 15.4. The number of fused-ring (bicyclic) bond motifs is 1. The number of nitrogens with zero attached hydrogens (tertiary/aromatic N) is 1. The van der Waals surface area contributed by atoms with Crippen LogP contribution in [0, 0.1) is 0 Å². The zero-order chi connectivity index (χ0) is 15.2. The van der Waals surface area contributed by atoms with Gasteiger partial charge >= 0.3 is 0 Å². The number of hydrogen-bond donors (Lipinski definition) is 3. The molecule has 1 atom stereocenters. The topological polar surface area (TPSA) is 94.9 Å². The summed E-state index contributed by atoms with van der Waals surface area (Å²) in [5.74, 6) is 1.71. The van der Waals surface area contributed by atoms with E-state index in [1.165, 1.54) is 11.1 Å². The minimum absolute atomic E-state index is 0.151. The van der Waals surface area contributed by atoms with Gasteiger partial charge in [0.2, 0.25) is 0 Å².